The van der Waals surface area contributed by atoms with Gasteiger partial charge >= 0.3 is 0 Å². The van der Waals surface area contributed by atoms with Crippen molar-refractivity contribution in [3.05, 3.63) is 0 Å². The summed E-state index contributed by atoms with van der Waals surface area (Å²) >= 11 is 0. The van der Waals surface area contributed by atoms with Crippen molar-refractivity contribution < 1.29 is 0 Å². The van der Waals surface area contributed by atoms with E-state index in [1.807, 2.05) is 0 Å². The van der Waals surface area contributed by atoms with Crippen LogP contribution in [0.3, 0.4) is 0 Å². The van der Waals surface area contributed by atoms with Gasteiger partial charge in [0.15, 0.2) is 0 Å². The van der Waals surface area contributed by atoms with E-state index < -0.39 is 0 Å². The molecule has 0 spiro atoms. The highest BCUT2D eigenvalue weighted by Crippen LogP contribution is 2.38. The molecule has 18 heavy (non-hydrogen) atoms. The Balaban J connectivity index is 1.76. The number of likely N-dealkylation sites (N-methyl/N-ethyl adjacent to an activating group) is 2. The first-order chi connectivity index (χ1) is 8.70. The molecule has 3 atom stereocenters. The summed E-state index contributed by atoms with van der Waals surface area (Å²) in [4.78, 5) is 2.58. The lowest BCUT2D eigenvalue weighted by molar-refractivity contribution is 0.201. The van der Waals surface area contributed by atoms with Crippen LogP contribution >= 0.6 is 0 Å². The second-order valence-corrected chi connectivity index (χ2v) is 6.76. The predicted octanol–water partition coefficient (Wildman–Crippen LogP) is 3.13. The third kappa shape index (κ3) is 4.24. The van der Waals surface area contributed by atoms with E-state index in [0.29, 0.717) is 0 Å². The van der Waals surface area contributed by atoms with Gasteiger partial charge in [-0.1, -0.05) is 33.1 Å². The lowest BCUT2D eigenvalue weighted by Crippen LogP contribution is -2.45. The first-order valence-electron chi connectivity index (χ1n) is 8.12. The molecular formula is C16H32N2. The molecule has 2 aliphatic carbocycles. The topological polar surface area (TPSA) is 15.3 Å². The van der Waals surface area contributed by atoms with Gasteiger partial charge in [0.1, 0.15) is 0 Å². The fourth-order valence-corrected chi connectivity index (χ4v) is 3.64. The first kappa shape index (κ1) is 14.3. The quantitative estimate of drug-likeness (QED) is 0.749. The number of hydrogen-bond donors (Lipinski definition) is 1. The molecule has 0 heterocycles. The van der Waals surface area contributed by atoms with Crippen molar-refractivity contribution in [2.24, 2.45) is 17.8 Å². The second-order valence-electron chi connectivity index (χ2n) is 6.76. The average Bonchev–Trinajstić information content (AvgIpc) is 3.05. The summed E-state index contributed by atoms with van der Waals surface area (Å²) in [5.41, 5.74) is 0. The third-order valence-corrected chi connectivity index (χ3v) is 5.02. The van der Waals surface area contributed by atoms with Crippen molar-refractivity contribution >= 4 is 0 Å². The molecule has 2 aliphatic rings. The first-order valence-corrected chi connectivity index (χ1v) is 8.12. The van der Waals surface area contributed by atoms with Crippen LogP contribution in [0.1, 0.15) is 52.4 Å². The zero-order chi connectivity index (χ0) is 13.0. The predicted molar refractivity (Wildman–Crippen MR) is 78.8 cm³/mol. The molecule has 0 bridgehead atoms. The van der Waals surface area contributed by atoms with Gasteiger partial charge in [-0.2, -0.15) is 0 Å². The molecule has 2 fully saturated rings. The molecule has 106 valence electrons. The van der Waals surface area contributed by atoms with Crippen LogP contribution in [0.5, 0.6) is 0 Å². The van der Waals surface area contributed by atoms with Gasteiger partial charge in [-0.05, 0) is 50.6 Å². The molecule has 0 aromatic heterocycles. The van der Waals surface area contributed by atoms with E-state index in [4.69, 9.17) is 0 Å². The van der Waals surface area contributed by atoms with Gasteiger partial charge in [0.25, 0.3) is 0 Å². The summed E-state index contributed by atoms with van der Waals surface area (Å²) in [5.74, 6) is 2.90. The smallest absolute Gasteiger partial charge is 0.0222 e. The molecule has 2 heteroatoms. The maximum Gasteiger partial charge on any atom is 0.0222 e. The minimum atomic E-state index is 0.731. The Labute approximate surface area is 114 Å². The molecule has 0 saturated heterocycles. The second kappa shape index (κ2) is 6.91. The molecule has 3 unspecified atom stereocenters. The molecule has 2 rings (SSSR count). The van der Waals surface area contributed by atoms with Gasteiger partial charge in [0, 0.05) is 19.1 Å². The van der Waals surface area contributed by atoms with E-state index >= 15 is 0 Å². The van der Waals surface area contributed by atoms with Gasteiger partial charge in [0.2, 0.25) is 0 Å². The highest BCUT2D eigenvalue weighted by atomic mass is 15.1. The Bertz CT molecular complexity index is 235. The van der Waals surface area contributed by atoms with Gasteiger partial charge in [-0.3, -0.25) is 0 Å². The molecule has 2 nitrogen and oxygen atoms in total. The monoisotopic (exact) mass is 252 g/mol. The van der Waals surface area contributed by atoms with Crippen LogP contribution in [0.15, 0.2) is 0 Å². The van der Waals surface area contributed by atoms with Crippen LogP contribution in [-0.4, -0.2) is 37.6 Å². The summed E-state index contributed by atoms with van der Waals surface area (Å²) in [6.45, 7) is 8.33. The Kier molecular flexibility index (Phi) is 5.50. The maximum absolute atomic E-state index is 3.75. The van der Waals surface area contributed by atoms with Crippen molar-refractivity contribution in [2.75, 3.05) is 26.7 Å². The number of nitrogens with zero attached hydrogens (tertiary/aromatic N) is 1. The SMILES string of the molecule is CCNC(CN(C)CC1CC1C)C1CCCCC1. The molecule has 0 aromatic rings. The van der Waals surface area contributed by atoms with Gasteiger partial charge in [0.05, 0.1) is 0 Å². The highest BCUT2D eigenvalue weighted by molar-refractivity contribution is 4.87. The molecule has 0 aromatic carbocycles. The van der Waals surface area contributed by atoms with Crippen molar-refractivity contribution in [2.45, 2.75) is 58.4 Å². The van der Waals surface area contributed by atoms with Crippen molar-refractivity contribution in [1.29, 1.82) is 0 Å². The summed E-state index contributed by atoms with van der Waals surface area (Å²) in [6.07, 6.45) is 8.73. The van der Waals surface area contributed by atoms with Gasteiger partial charge in [-0.15, -0.1) is 0 Å². The fourth-order valence-electron chi connectivity index (χ4n) is 3.64. The largest absolute Gasteiger partial charge is 0.313 e. The molecule has 0 aliphatic heterocycles. The van der Waals surface area contributed by atoms with Crippen LogP contribution in [0, 0.1) is 17.8 Å². The zero-order valence-corrected chi connectivity index (χ0v) is 12.6. The number of hydrogen-bond acceptors (Lipinski definition) is 2. The summed E-state index contributed by atoms with van der Waals surface area (Å²) in [5, 5.41) is 3.75. The normalized spacial score (nSPS) is 30.7. The third-order valence-electron chi connectivity index (χ3n) is 5.02. The molecular weight excluding hydrogens is 220 g/mol. The van der Waals surface area contributed by atoms with Crippen LogP contribution in [0.25, 0.3) is 0 Å². The molecule has 1 N–H and O–H groups in total. The van der Waals surface area contributed by atoms with E-state index in [9.17, 15) is 0 Å². The fraction of sp³-hybridized carbons (Fsp3) is 1.00. The lowest BCUT2D eigenvalue weighted by Gasteiger charge is -2.33. The maximum atomic E-state index is 3.75. The van der Waals surface area contributed by atoms with Crippen molar-refractivity contribution in [1.82, 2.24) is 10.2 Å². The Hall–Kier alpha value is -0.0800. The Morgan fingerprint density at radius 3 is 2.44 bits per heavy atom. The van der Waals surface area contributed by atoms with E-state index in [2.05, 4.69) is 31.1 Å². The van der Waals surface area contributed by atoms with Gasteiger partial charge < -0.3 is 10.2 Å². The number of rotatable bonds is 7. The Morgan fingerprint density at radius 1 is 1.22 bits per heavy atom. The minimum absolute atomic E-state index is 0.731. The van der Waals surface area contributed by atoms with Crippen LogP contribution in [0.2, 0.25) is 0 Å². The minimum Gasteiger partial charge on any atom is -0.313 e. The van der Waals surface area contributed by atoms with E-state index in [0.717, 1.165) is 30.3 Å². The van der Waals surface area contributed by atoms with E-state index in [1.54, 1.807) is 0 Å². The molecule has 0 radical (unpaired) electrons. The summed E-state index contributed by atoms with van der Waals surface area (Å²) in [6, 6.07) is 0.731. The molecule has 0 amide bonds. The summed E-state index contributed by atoms with van der Waals surface area (Å²) in [7, 11) is 2.32. The summed E-state index contributed by atoms with van der Waals surface area (Å²) < 4.78 is 0. The zero-order valence-electron chi connectivity index (χ0n) is 12.6. The van der Waals surface area contributed by atoms with Crippen LogP contribution in [0.4, 0.5) is 0 Å². The highest BCUT2D eigenvalue weighted by Gasteiger charge is 2.34. The lowest BCUT2D eigenvalue weighted by atomic mass is 9.83. The van der Waals surface area contributed by atoms with Crippen molar-refractivity contribution in [3.63, 3.8) is 0 Å². The average molecular weight is 252 g/mol. The van der Waals surface area contributed by atoms with Gasteiger partial charge in [-0.25, -0.2) is 0 Å². The van der Waals surface area contributed by atoms with Crippen LogP contribution in [-0.2, 0) is 0 Å². The van der Waals surface area contributed by atoms with Crippen LogP contribution < -0.4 is 5.32 Å². The number of nitrogens with one attached hydrogen (secondary N) is 1. The van der Waals surface area contributed by atoms with E-state index in [1.165, 1.54) is 51.6 Å². The Morgan fingerprint density at radius 2 is 1.89 bits per heavy atom. The molecule has 2 saturated carbocycles. The van der Waals surface area contributed by atoms with Crippen molar-refractivity contribution in [3.8, 4) is 0 Å². The van der Waals surface area contributed by atoms with E-state index in [-0.39, 0.29) is 0 Å². The standard InChI is InChI=1S/C16H32N2/c1-4-17-16(14-8-6-5-7-9-14)12-18(3)11-15-10-13(15)2/h13-17H,4-12H2,1-3H3.